The molecule has 0 spiro atoms. The maximum absolute atomic E-state index is 11.1. The number of aromatic carboxylic acids is 1. The van der Waals surface area contributed by atoms with Crippen LogP contribution in [-0.2, 0) is 6.54 Å². The van der Waals surface area contributed by atoms with E-state index >= 15 is 0 Å². The fraction of sp³-hybridized carbons (Fsp3) is 0.167. The lowest BCUT2D eigenvalue weighted by Crippen LogP contribution is -2.09. The van der Waals surface area contributed by atoms with Crippen molar-refractivity contribution in [2.45, 2.75) is 13.5 Å². The number of hydrogen-bond donors (Lipinski definition) is 2. The van der Waals surface area contributed by atoms with E-state index in [1.165, 1.54) is 29.5 Å². The van der Waals surface area contributed by atoms with Crippen molar-refractivity contribution in [2.24, 2.45) is 0 Å². The van der Waals surface area contributed by atoms with Crippen LogP contribution >= 0.6 is 11.3 Å². The van der Waals surface area contributed by atoms with Gasteiger partial charge in [0.25, 0.3) is 5.69 Å². The summed E-state index contributed by atoms with van der Waals surface area (Å²) in [5.74, 6) is -1.22. The fourth-order valence-electron chi connectivity index (χ4n) is 1.72. The third-order valence-electron chi connectivity index (χ3n) is 2.58. The molecule has 0 bridgehead atoms. The highest BCUT2D eigenvalue weighted by Gasteiger charge is 2.21. The van der Waals surface area contributed by atoms with Crippen molar-refractivity contribution in [3.63, 3.8) is 0 Å². The summed E-state index contributed by atoms with van der Waals surface area (Å²) in [6.07, 6.45) is 0. The Morgan fingerprint density at radius 2 is 2.30 bits per heavy atom. The molecule has 0 amide bonds. The number of nitro groups is 1. The zero-order valence-corrected chi connectivity index (χ0v) is 11.3. The molecule has 2 rings (SSSR count). The number of nitrogens with zero attached hydrogens (tertiary/aromatic N) is 2. The topological polar surface area (TPSA) is 105 Å². The predicted octanol–water partition coefficient (Wildman–Crippen LogP) is 2.67. The standard InChI is InChI=1S/C12H11N3O4S/c1-7-14-8(6-20-7)5-13-11-9(12(16)17)3-2-4-10(11)15(18)19/h2-4,6,13H,5H2,1H3,(H,16,17). The molecule has 1 aromatic carbocycles. The molecule has 0 fully saturated rings. The molecule has 20 heavy (non-hydrogen) atoms. The van der Waals surface area contributed by atoms with Gasteiger partial charge in [-0.2, -0.15) is 0 Å². The van der Waals surface area contributed by atoms with Crippen molar-refractivity contribution in [3.8, 4) is 0 Å². The summed E-state index contributed by atoms with van der Waals surface area (Å²) in [5, 5.41) is 25.6. The van der Waals surface area contributed by atoms with Gasteiger partial charge >= 0.3 is 5.97 Å². The van der Waals surface area contributed by atoms with Crippen LogP contribution < -0.4 is 5.32 Å². The minimum absolute atomic E-state index is 0.00402. The quantitative estimate of drug-likeness (QED) is 0.648. The number of benzene rings is 1. The summed E-state index contributed by atoms with van der Waals surface area (Å²) in [6, 6.07) is 3.94. The fourth-order valence-corrected chi connectivity index (χ4v) is 2.34. The van der Waals surface area contributed by atoms with Crippen LogP contribution in [0.5, 0.6) is 0 Å². The molecule has 0 aliphatic heterocycles. The number of aryl methyl sites for hydroxylation is 1. The van der Waals surface area contributed by atoms with Gasteiger partial charge in [0.15, 0.2) is 0 Å². The number of thiazole rings is 1. The normalized spacial score (nSPS) is 10.2. The van der Waals surface area contributed by atoms with Gasteiger partial charge in [-0.25, -0.2) is 9.78 Å². The maximum atomic E-state index is 11.1. The Morgan fingerprint density at radius 1 is 1.55 bits per heavy atom. The number of aromatic nitrogens is 1. The van der Waals surface area contributed by atoms with Gasteiger partial charge < -0.3 is 10.4 Å². The monoisotopic (exact) mass is 293 g/mol. The number of nitro benzene ring substituents is 1. The number of anilines is 1. The van der Waals surface area contributed by atoms with Gasteiger partial charge in [0.05, 0.1) is 27.7 Å². The molecule has 2 aromatic rings. The summed E-state index contributed by atoms with van der Waals surface area (Å²) >= 11 is 1.46. The van der Waals surface area contributed by atoms with Gasteiger partial charge in [-0.3, -0.25) is 10.1 Å². The Balaban J connectivity index is 2.32. The highest BCUT2D eigenvalue weighted by molar-refractivity contribution is 7.09. The Bertz CT molecular complexity index is 636. The Labute approximate surface area is 118 Å². The largest absolute Gasteiger partial charge is 0.478 e. The first-order valence-electron chi connectivity index (χ1n) is 5.64. The lowest BCUT2D eigenvalue weighted by Gasteiger charge is -2.08. The molecule has 1 heterocycles. The van der Waals surface area contributed by atoms with Gasteiger partial charge in [0, 0.05) is 11.4 Å². The molecule has 0 saturated heterocycles. The highest BCUT2D eigenvalue weighted by Crippen LogP contribution is 2.28. The number of carboxylic acid groups (broad SMARTS) is 1. The molecule has 0 atom stereocenters. The van der Waals surface area contributed by atoms with E-state index in [9.17, 15) is 14.9 Å². The van der Waals surface area contributed by atoms with Crippen LogP contribution in [0.3, 0.4) is 0 Å². The molecule has 104 valence electrons. The van der Waals surface area contributed by atoms with Crippen LogP contribution in [0.1, 0.15) is 21.1 Å². The highest BCUT2D eigenvalue weighted by atomic mass is 32.1. The van der Waals surface area contributed by atoms with Crippen molar-refractivity contribution in [2.75, 3.05) is 5.32 Å². The average molecular weight is 293 g/mol. The lowest BCUT2D eigenvalue weighted by atomic mass is 10.1. The van der Waals surface area contributed by atoms with E-state index in [0.717, 1.165) is 5.01 Å². The van der Waals surface area contributed by atoms with Crippen molar-refractivity contribution < 1.29 is 14.8 Å². The van der Waals surface area contributed by atoms with E-state index in [0.29, 0.717) is 5.69 Å². The predicted molar refractivity (Wildman–Crippen MR) is 74.2 cm³/mol. The first kappa shape index (κ1) is 13.9. The van der Waals surface area contributed by atoms with Crippen LogP contribution in [-0.4, -0.2) is 21.0 Å². The van der Waals surface area contributed by atoms with E-state index in [4.69, 9.17) is 5.11 Å². The Hall–Kier alpha value is -2.48. The van der Waals surface area contributed by atoms with Crippen LogP contribution in [0.4, 0.5) is 11.4 Å². The lowest BCUT2D eigenvalue weighted by molar-refractivity contribution is -0.384. The van der Waals surface area contributed by atoms with Gasteiger partial charge in [0.2, 0.25) is 0 Å². The number of para-hydroxylation sites is 1. The summed E-state index contributed by atoms with van der Waals surface area (Å²) in [7, 11) is 0. The molecule has 0 saturated carbocycles. The van der Waals surface area contributed by atoms with E-state index in [1.54, 1.807) is 0 Å². The number of nitrogens with one attached hydrogen (secondary N) is 1. The third kappa shape index (κ3) is 2.91. The summed E-state index contributed by atoms with van der Waals surface area (Å²) in [6.45, 7) is 2.08. The van der Waals surface area contributed by atoms with Crippen molar-refractivity contribution >= 4 is 28.7 Å². The van der Waals surface area contributed by atoms with E-state index in [-0.39, 0.29) is 23.5 Å². The molecule has 2 N–H and O–H groups in total. The summed E-state index contributed by atoms with van der Waals surface area (Å²) < 4.78 is 0. The molecule has 0 aliphatic carbocycles. The van der Waals surface area contributed by atoms with Crippen LogP contribution in [0, 0.1) is 17.0 Å². The Morgan fingerprint density at radius 3 is 2.85 bits per heavy atom. The van der Waals surface area contributed by atoms with Crippen LogP contribution in [0.25, 0.3) is 0 Å². The zero-order chi connectivity index (χ0) is 14.7. The molecule has 8 heteroatoms. The first-order valence-corrected chi connectivity index (χ1v) is 6.52. The van der Waals surface area contributed by atoms with Gasteiger partial charge in [-0.05, 0) is 13.0 Å². The number of carboxylic acids is 1. The van der Waals surface area contributed by atoms with Gasteiger partial charge in [-0.1, -0.05) is 6.07 Å². The van der Waals surface area contributed by atoms with E-state index in [2.05, 4.69) is 10.3 Å². The van der Waals surface area contributed by atoms with E-state index < -0.39 is 10.9 Å². The SMILES string of the molecule is Cc1nc(CNc2c(C(=O)O)cccc2[N+](=O)[O-])cs1. The molecule has 0 aliphatic rings. The smallest absolute Gasteiger partial charge is 0.338 e. The molecule has 7 nitrogen and oxygen atoms in total. The van der Waals surface area contributed by atoms with Crippen molar-refractivity contribution in [1.82, 2.24) is 4.98 Å². The van der Waals surface area contributed by atoms with Gasteiger partial charge in [0.1, 0.15) is 5.69 Å². The number of carbonyl (C=O) groups is 1. The molecular formula is C12H11N3O4S. The summed E-state index contributed by atoms with van der Waals surface area (Å²) in [4.78, 5) is 25.7. The van der Waals surface area contributed by atoms with Crippen molar-refractivity contribution in [3.05, 3.63) is 50.0 Å². The minimum Gasteiger partial charge on any atom is -0.478 e. The number of rotatable bonds is 5. The Kier molecular flexibility index (Phi) is 3.94. The zero-order valence-electron chi connectivity index (χ0n) is 10.5. The second kappa shape index (κ2) is 5.66. The minimum atomic E-state index is -1.22. The molecule has 1 aromatic heterocycles. The van der Waals surface area contributed by atoms with E-state index in [1.807, 2.05) is 12.3 Å². The van der Waals surface area contributed by atoms with Crippen LogP contribution in [0.15, 0.2) is 23.6 Å². The molecule has 0 radical (unpaired) electrons. The maximum Gasteiger partial charge on any atom is 0.338 e. The summed E-state index contributed by atoms with van der Waals surface area (Å²) in [5.41, 5.74) is 0.306. The van der Waals surface area contributed by atoms with Crippen molar-refractivity contribution in [1.29, 1.82) is 0 Å². The first-order chi connectivity index (χ1) is 9.49. The molecule has 0 unspecified atom stereocenters. The molecular weight excluding hydrogens is 282 g/mol. The average Bonchev–Trinajstić information content (AvgIpc) is 2.81. The van der Waals surface area contributed by atoms with Gasteiger partial charge in [-0.15, -0.1) is 11.3 Å². The second-order valence-corrected chi connectivity index (χ2v) is 5.04. The van der Waals surface area contributed by atoms with Crippen LogP contribution in [0.2, 0.25) is 0 Å². The second-order valence-electron chi connectivity index (χ2n) is 3.97. The number of hydrogen-bond acceptors (Lipinski definition) is 6. The third-order valence-corrected chi connectivity index (χ3v) is 3.40.